The number of morpholine rings is 1. The van der Waals surface area contributed by atoms with Crippen molar-refractivity contribution in [2.24, 2.45) is 0 Å². The number of benzene rings is 2. The number of carbonyl (C=O) groups excluding carboxylic acids is 1. The number of hydrogen-bond donors (Lipinski definition) is 1. The van der Waals surface area contributed by atoms with E-state index in [2.05, 4.69) is 10.2 Å². The predicted molar refractivity (Wildman–Crippen MR) is 110 cm³/mol. The van der Waals surface area contributed by atoms with Gasteiger partial charge in [-0.1, -0.05) is 53.0 Å². The largest absolute Gasteiger partial charge is 0.378 e. The molecule has 0 aliphatic carbocycles. The van der Waals surface area contributed by atoms with Gasteiger partial charge < -0.3 is 10.1 Å². The lowest BCUT2D eigenvalue weighted by Gasteiger charge is -2.35. The van der Waals surface area contributed by atoms with E-state index in [9.17, 15) is 4.79 Å². The van der Waals surface area contributed by atoms with E-state index in [4.69, 9.17) is 39.5 Å². The molecule has 1 unspecified atom stereocenters. The summed E-state index contributed by atoms with van der Waals surface area (Å²) >= 11 is 18.0. The molecule has 1 heterocycles. The Kier molecular flexibility index (Phi) is 7.39. The van der Waals surface area contributed by atoms with E-state index in [1.54, 1.807) is 12.1 Å². The minimum absolute atomic E-state index is 0.0163. The maximum Gasteiger partial charge on any atom is 0.224 e. The maximum atomic E-state index is 12.3. The van der Waals surface area contributed by atoms with Crippen LogP contribution in [0.2, 0.25) is 15.1 Å². The lowest BCUT2D eigenvalue weighted by atomic mass is 10.1. The van der Waals surface area contributed by atoms with Gasteiger partial charge in [-0.25, -0.2) is 0 Å². The summed E-state index contributed by atoms with van der Waals surface area (Å²) in [6.07, 6.45) is 0.331. The van der Waals surface area contributed by atoms with Crippen molar-refractivity contribution < 1.29 is 9.53 Å². The van der Waals surface area contributed by atoms with E-state index in [-0.39, 0.29) is 11.9 Å². The van der Waals surface area contributed by atoms with Crippen molar-refractivity contribution in [2.75, 3.05) is 26.3 Å². The molecule has 2 aromatic carbocycles. The van der Waals surface area contributed by atoms with Gasteiger partial charge in [0.2, 0.25) is 5.91 Å². The molecule has 0 aromatic heterocycles. The van der Waals surface area contributed by atoms with Crippen molar-refractivity contribution in [1.29, 1.82) is 0 Å². The fourth-order valence-electron chi connectivity index (χ4n) is 3.04. The third kappa shape index (κ3) is 6.09. The van der Waals surface area contributed by atoms with Crippen molar-refractivity contribution >= 4 is 40.7 Å². The van der Waals surface area contributed by atoms with Gasteiger partial charge in [0.1, 0.15) is 0 Å². The summed E-state index contributed by atoms with van der Waals surface area (Å²) < 4.78 is 5.60. The monoisotopic (exact) mass is 426 g/mol. The van der Waals surface area contributed by atoms with Crippen LogP contribution in [0.25, 0.3) is 0 Å². The summed E-state index contributed by atoms with van der Waals surface area (Å²) in [5, 5.41) is 4.77. The van der Waals surface area contributed by atoms with Gasteiger partial charge in [0, 0.05) is 24.7 Å². The van der Waals surface area contributed by atoms with Gasteiger partial charge in [-0.05, 0) is 35.4 Å². The van der Waals surface area contributed by atoms with Crippen LogP contribution in [0.15, 0.2) is 42.5 Å². The molecule has 1 aliphatic heterocycles. The molecule has 0 spiro atoms. The minimum Gasteiger partial charge on any atom is -0.378 e. The van der Waals surface area contributed by atoms with Gasteiger partial charge in [-0.2, -0.15) is 0 Å². The highest BCUT2D eigenvalue weighted by molar-refractivity contribution is 6.42. The van der Waals surface area contributed by atoms with Gasteiger partial charge in [0.15, 0.2) is 0 Å². The molecule has 1 amide bonds. The smallest absolute Gasteiger partial charge is 0.224 e. The van der Waals surface area contributed by atoms with Crippen molar-refractivity contribution in [3.63, 3.8) is 0 Å². The van der Waals surface area contributed by atoms with E-state index in [0.717, 1.165) is 24.2 Å². The Labute approximate surface area is 174 Å². The highest BCUT2D eigenvalue weighted by Gasteiger charge is 2.23. The zero-order chi connectivity index (χ0) is 19.2. The summed E-state index contributed by atoms with van der Waals surface area (Å²) in [7, 11) is 0. The van der Waals surface area contributed by atoms with Gasteiger partial charge in [0.25, 0.3) is 0 Å². The molecule has 0 bridgehead atoms. The van der Waals surface area contributed by atoms with Crippen LogP contribution in [0, 0.1) is 0 Å². The molecular weight excluding hydrogens is 407 g/mol. The number of rotatable bonds is 6. The number of hydrogen-bond acceptors (Lipinski definition) is 3. The average molecular weight is 428 g/mol. The van der Waals surface area contributed by atoms with Crippen molar-refractivity contribution in [3.8, 4) is 0 Å². The van der Waals surface area contributed by atoms with Gasteiger partial charge in [-0.15, -0.1) is 0 Å². The standard InChI is InChI=1S/C20H21Cl3N2O2/c21-16-4-1-14(2-5-16)10-20(26)24-11-17-13-27-8-7-25(17)12-15-3-6-18(22)19(23)9-15/h1-6,9,17H,7-8,10-13H2,(H,24,26). The first-order valence-corrected chi connectivity index (χ1v) is 9.91. The van der Waals surface area contributed by atoms with Gasteiger partial charge in [0.05, 0.1) is 35.7 Å². The molecule has 0 radical (unpaired) electrons. The normalized spacial score (nSPS) is 17.7. The van der Waals surface area contributed by atoms with Crippen LogP contribution < -0.4 is 5.32 Å². The molecule has 144 valence electrons. The highest BCUT2D eigenvalue weighted by Crippen LogP contribution is 2.24. The highest BCUT2D eigenvalue weighted by atomic mass is 35.5. The van der Waals surface area contributed by atoms with Crippen molar-refractivity contribution in [3.05, 3.63) is 68.7 Å². The Morgan fingerprint density at radius 2 is 1.81 bits per heavy atom. The van der Waals surface area contributed by atoms with Crippen molar-refractivity contribution in [1.82, 2.24) is 10.2 Å². The first-order valence-electron chi connectivity index (χ1n) is 8.78. The van der Waals surface area contributed by atoms with Gasteiger partial charge >= 0.3 is 0 Å². The van der Waals surface area contributed by atoms with Crippen LogP contribution >= 0.6 is 34.8 Å². The van der Waals surface area contributed by atoms with E-state index < -0.39 is 0 Å². The molecule has 3 rings (SSSR count). The SMILES string of the molecule is O=C(Cc1ccc(Cl)cc1)NCC1COCCN1Cc1ccc(Cl)c(Cl)c1. The van der Waals surface area contributed by atoms with Gasteiger partial charge in [-0.3, -0.25) is 9.69 Å². The lowest BCUT2D eigenvalue weighted by Crippen LogP contribution is -2.50. The third-order valence-corrected chi connectivity index (χ3v) is 5.52. The minimum atomic E-state index is -0.0163. The second kappa shape index (κ2) is 9.76. The maximum absolute atomic E-state index is 12.3. The molecule has 2 aromatic rings. The Hall–Kier alpha value is -1.30. The Morgan fingerprint density at radius 3 is 2.56 bits per heavy atom. The van der Waals surface area contributed by atoms with E-state index in [1.807, 2.05) is 30.3 Å². The number of nitrogens with one attached hydrogen (secondary N) is 1. The van der Waals surface area contributed by atoms with Crippen LogP contribution in [-0.4, -0.2) is 43.2 Å². The first kappa shape index (κ1) is 20.4. The molecule has 7 heteroatoms. The number of carbonyl (C=O) groups is 1. The number of ether oxygens (including phenoxy) is 1. The van der Waals surface area contributed by atoms with E-state index in [1.165, 1.54) is 0 Å². The number of halogens is 3. The molecule has 1 fully saturated rings. The summed E-state index contributed by atoms with van der Waals surface area (Å²) in [6, 6.07) is 13.1. The quantitative estimate of drug-likeness (QED) is 0.751. The first-order chi connectivity index (χ1) is 13.0. The van der Waals surface area contributed by atoms with Crippen LogP contribution in [0.1, 0.15) is 11.1 Å². The zero-order valence-electron chi connectivity index (χ0n) is 14.8. The van der Waals surface area contributed by atoms with Crippen LogP contribution in [0.5, 0.6) is 0 Å². The zero-order valence-corrected chi connectivity index (χ0v) is 17.0. The molecule has 1 aliphatic rings. The molecule has 0 saturated carbocycles. The average Bonchev–Trinajstić information content (AvgIpc) is 2.66. The van der Waals surface area contributed by atoms with Crippen LogP contribution in [0.3, 0.4) is 0 Å². The van der Waals surface area contributed by atoms with Crippen LogP contribution in [0.4, 0.5) is 0 Å². The number of amides is 1. The van der Waals surface area contributed by atoms with Crippen LogP contribution in [-0.2, 0) is 22.5 Å². The second-order valence-electron chi connectivity index (χ2n) is 6.55. The fourth-order valence-corrected chi connectivity index (χ4v) is 3.49. The summed E-state index contributed by atoms with van der Waals surface area (Å²) in [5.41, 5.74) is 2.02. The molecule has 4 nitrogen and oxygen atoms in total. The Balaban J connectivity index is 1.54. The second-order valence-corrected chi connectivity index (χ2v) is 7.81. The molecule has 27 heavy (non-hydrogen) atoms. The number of nitrogens with zero attached hydrogens (tertiary/aromatic N) is 1. The summed E-state index contributed by atoms with van der Waals surface area (Å²) in [4.78, 5) is 14.5. The molecular formula is C20H21Cl3N2O2. The molecule has 1 saturated heterocycles. The third-order valence-electron chi connectivity index (χ3n) is 4.53. The Morgan fingerprint density at radius 1 is 1.07 bits per heavy atom. The molecule has 1 N–H and O–H groups in total. The predicted octanol–water partition coefficient (Wildman–Crippen LogP) is 4.21. The summed E-state index contributed by atoms with van der Waals surface area (Å²) in [6.45, 7) is 3.34. The fraction of sp³-hybridized carbons (Fsp3) is 0.350. The van der Waals surface area contributed by atoms with E-state index >= 15 is 0 Å². The van der Waals surface area contributed by atoms with E-state index in [0.29, 0.717) is 41.2 Å². The Bertz CT molecular complexity index is 783. The lowest BCUT2D eigenvalue weighted by molar-refractivity contribution is -0.121. The topological polar surface area (TPSA) is 41.6 Å². The van der Waals surface area contributed by atoms with Crippen molar-refractivity contribution in [2.45, 2.75) is 19.0 Å². The molecule has 1 atom stereocenters. The summed E-state index contributed by atoms with van der Waals surface area (Å²) in [5.74, 6) is -0.0163.